The minimum absolute atomic E-state index is 0.125. The molecule has 3 rings (SSSR count). The van der Waals surface area contributed by atoms with Crippen LogP contribution < -0.4 is 10.2 Å². The Balaban J connectivity index is 1.61. The Labute approximate surface area is 204 Å². The molecule has 7 nitrogen and oxygen atoms in total. The summed E-state index contributed by atoms with van der Waals surface area (Å²) in [7, 11) is 1.57. The molecular formula is C27H42N4O3. The normalized spacial score (nSPS) is 18.0. The second kappa shape index (κ2) is 12.9. The molecule has 0 spiro atoms. The van der Waals surface area contributed by atoms with E-state index in [1.807, 2.05) is 12.1 Å². The summed E-state index contributed by atoms with van der Waals surface area (Å²) >= 11 is 0. The molecule has 1 saturated heterocycles. The highest BCUT2D eigenvalue weighted by Gasteiger charge is 2.36. The predicted octanol–water partition coefficient (Wildman–Crippen LogP) is 3.46. The van der Waals surface area contributed by atoms with E-state index in [-0.39, 0.29) is 18.2 Å². The number of hydrogen-bond donors (Lipinski definition) is 1. The average molecular weight is 471 g/mol. The summed E-state index contributed by atoms with van der Waals surface area (Å²) in [6.45, 7) is 10.3. The number of nitrogens with zero attached hydrogens (tertiary/aromatic N) is 3. The van der Waals surface area contributed by atoms with Crippen molar-refractivity contribution in [3.63, 3.8) is 0 Å². The van der Waals surface area contributed by atoms with Crippen molar-refractivity contribution in [2.24, 2.45) is 5.92 Å². The van der Waals surface area contributed by atoms with E-state index in [4.69, 9.17) is 0 Å². The number of piperazine rings is 1. The molecule has 2 atom stereocenters. The summed E-state index contributed by atoms with van der Waals surface area (Å²) < 4.78 is 0. The maximum atomic E-state index is 13.0. The minimum atomic E-state index is -0.620. The number of anilines is 1. The Morgan fingerprint density at radius 3 is 2.50 bits per heavy atom. The first-order valence-corrected chi connectivity index (χ1v) is 13.1. The van der Waals surface area contributed by atoms with Gasteiger partial charge in [-0.1, -0.05) is 33.1 Å². The highest BCUT2D eigenvalue weighted by molar-refractivity contribution is 6.01. The number of hydrogen-bond acceptors (Lipinski definition) is 5. The fourth-order valence-electron chi connectivity index (χ4n) is 5.38. The van der Waals surface area contributed by atoms with Crippen LogP contribution in [0.4, 0.5) is 5.69 Å². The number of likely N-dealkylation sites (N-methyl/N-ethyl adjacent to an activating group) is 1. The molecule has 2 unspecified atom stereocenters. The van der Waals surface area contributed by atoms with E-state index >= 15 is 0 Å². The van der Waals surface area contributed by atoms with Crippen molar-refractivity contribution in [3.05, 3.63) is 29.3 Å². The largest absolute Gasteiger partial charge is 0.369 e. The maximum Gasteiger partial charge on any atom is 0.255 e. The summed E-state index contributed by atoms with van der Waals surface area (Å²) in [5.74, 6) is 0.459. The second-order valence-electron chi connectivity index (χ2n) is 9.73. The highest BCUT2D eigenvalue weighted by atomic mass is 16.2. The molecule has 0 saturated carbocycles. The third-order valence-corrected chi connectivity index (χ3v) is 7.32. The van der Waals surface area contributed by atoms with Crippen LogP contribution in [-0.2, 0) is 16.1 Å². The first-order chi connectivity index (χ1) is 16.5. The molecule has 1 N–H and O–H groups in total. The third-order valence-electron chi connectivity index (χ3n) is 7.32. The molecule has 1 fully saturated rings. The quantitative estimate of drug-likeness (QED) is 0.447. The van der Waals surface area contributed by atoms with Gasteiger partial charge in [0.1, 0.15) is 12.3 Å². The Morgan fingerprint density at radius 2 is 1.85 bits per heavy atom. The minimum Gasteiger partial charge on any atom is -0.369 e. The predicted molar refractivity (Wildman–Crippen MR) is 136 cm³/mol. The molecule has 7 heteroatoms. The van der Waals surface area contributed by atoms with Crippen LogP contribution in [0.25, 0.3) is 0 Å². The molecule has 1 aromatic carbocycles. The van der Waals surface area contributed by atoms with E-state index in [0.717, 1.165) is 49.6 Å². The molecular weight excluding hydrogens is 428 g/mol. The van der Waals surface area contributed by atoms with Gasteiger partial charge >= 0.3 is 0 Å². The van der Waals surface area contributed by atoms with E-state index in [0.29, 0.717) is 18.5 Å². The molecule has 34 heavy (non-hydrogen) atoms. The smallest absolute Gasteiger partial charge is 0.255 e. The Kier molecular flexibility index (Phi) is 9.93. The highest BCUT2D eigenvalue weighted by Crippen LogP contribution is 2.30. The molecule has 2 aliphatic rings. The summed E-state index contributed by atoms with van der Waals surface area (Å²) in [4.78, 5) is 42.9. The average Bonchev–Trinajstić information content (AvgIpc) is 3.18. The van der Waals surface area contributed by atoms with Crippen LogP contribution >= 0.6 is 0 Å². The lowest BCUT2D eigenvalue weighted by Gasteiger charge is -2.38. The second-order valence-corrected chi connectivity index (χ2v) is 9.73. The van der Waals surface area contributed by atoms with Gasteiger partial charge in [-0.05, 0) is 48.9 Å². The van der Waals surface area contributed by atoms with Gasteiger partial charge in [0.2, 0.25) is 5.91 Å². The van der Waals surface area contributed by atoms with Gasteiger partial charge < -0.3 is 19.9 Å². The topological polar surface area (TPSA) is 73.0 Å². The third kappa shape index (κ3) is 6.38. The SMILES string of the molecule is CCCCC(CCC)CN1CCN(c2ccc3c(c2)CN(C(CCC=O)C(=O)NC)C3=O)CC1. The molecule has 0 bridgehead atoms. The fraction of sp³-hybridized carbons (Fsp3) is 0.667. The Hall–Kier alpha value is -2.41. The number of nitrogens with one attached hydrogen (secondary N) is 1. The van der Waals surface area contributed by atoms with Gasteiger partial charge in [0.05, 0.1) is 0 Å². The molecule has 0 radical (unpaired) electrons. The van der Waals surface area contributed by atoms with E-state index in [2.05, 4.69) is 35.0 Å². The van der Waals surface area contributed by atoms with Crippen molar-refractivity contribution in [2.75, 3.05) is 44.7 Å². The first-order valence-electron chi connectivity index (χ1n) is 13.1. The van der Waals surface area contributed by atoms with Crippen LogP contribution in [0.1, 0.15) is 74.7 Å². The van der Waals surface area contributed by atoms with Gasteiger partial charge in [-0.25, -0.2) is 0 Å². The zero-order chi connectivity index (χ0) is 24.5. The van der Waals surface area contributed by atoms with Gasteiger partial charge in [0.25, 0.3) is 5.91 Å². The van der Waals surface area contributed by atoms with Crippen molar-refractivity contribution in [1.82, 2.24) is 15.1 Å². The number of carbonyl (C=O) groups is 3. The summed E-state index contributed by atoms with van der Waals surface area (Å²) in [6, 6.07) is 5.44. The summed E-state index contributed by atoms with van der Waals surface area (Å²) in [6.07, 6.45) is 7.91. The number of unbranched alkanes of at least 4 members (excludes halogenated alkanes) is 1. The van der Waals surface area contributed by atoms with Gasteiger partial charge in [0, 0.05) is 64.0 Å². The lowest BCUT2D eigenvalue weighted by molar-refractivity contribution is -0.125. The number of rotatable bonds is 13. The lowest BCUT2D eigenvalue weighted by atomic mass is 9.96. The summed E-state index contributed by atoms with van der Waals surface area (Å²) in [5.41, 5.74) is 2.78. The van der Waals surface area contributed by atoms with Crippen LogP contribution in [0.15, 0.2) is 18.2 Å². The molecule has 2 heterocycles. The van der Waals surface area contributed by atoms with Gasteiger partial charge in [-0.15, -0.1) is 0 Å². The van der Waals surface area contributed by atoms with E-state index in [1.165, 1.54) is 38.6 Å². The van der Waals surface area contributed by atoms with Crippen LogP contribution in [0.5, 0.6) is 0 Å². The molecule has 2 aliphatic heterocycles. The number of fused-ring (bicyclic) bond motifs is 1. The number of amides is 2. The van der Waals surface area contributed by atoms with Crippen molar-refractivity contribution in [1.29, 1.82) is 0 Å². The van der Waals surface area contributed by atoms with E-state index in [1.54, 1.807) is 11.9 Å². The number of benzene rings is 1. The van der Waals surface area contributed by atoms with Crippen LogP contribution in [0, 0.1) is 5.92 Å². The van der Waals surface area contributed by atoms with Crippen LogP contribution in [-0.4, -0.2) is 73.7 Å². The van der Waals surface area contributed by atoms with Crippen LogP contribution in [0.2, 0.25) is 0 Å². The number of aldehydes is 1. The van der Waals surface area contributed by atoms with Crippen LogP contribution in [0.3, 0.4) is 0 Å². The zero-order valence-electron chi connectivity index (χ0n) is 21.2. The van der Waals surface area contributed by atoms with Gasteiger partial charge in [0.15, 0.2) is 0 Å². The van der Waals surface area contributed by atoms with Crippen molar-refractivity contribution in [3.8, 4) is 0 Å². The monoisotopic (exact) mass is 470 g/mol. The van der Waals surface area contributed by atoms with Gasteiger partial charge in [-0.2, -0.15) is 0 Å². The molecule has 188 valence electrons. The first kappa shape index (κ1) is 26.2. The van der Waals surface area contributed by atoms with Crippen molar-refractivity contribution in [2.45, 2.75) is 71.4 Å². The number of carbonyl (C=O) groups excluding carboxylic acids is 3. The molecule has 1 aromatic rings. The zero-order valence-corrected chi connectivity index (χ0v) is 21.2. The molecule has 0 aromatic heterocycles. The Morgan fingerprint density at radius 1 is 1.09 bits per heavy atom. The standard InChI is InChI=1S/C27H42N4O3/c1-4-6-9-21(8-5-2)19-29-13-15-30(16-14-29)23-11-12-24-22(18-23)20-31(27(24)34)25(10-7-17-32)26(33)28-3/h11-12,17-18,21,25H,4-10,13-16,19-20H2,1-3H3,(H,28,33). The van der Waals surface area contributed by atoms with E-state index in [9.17, 15) is 14.4 Å². The summed E-state index contributed by atoms with van der Waals surface area (Å²) in [5, 5.41) is 2.64. The fourth-order valence-corrected chi connectivity index (χ4v) is 5.38. The van der Waals surface area contributed by atoms with Crippen molar-refractivity contribution >= 4 is 23.8 Å². The lowest BCUT2D eigenvalue weighted by Crippen LogP contribution is -2.47. The van der Waals surface area contributed by atoms with E-state index < -0.39 is 6.04 Å². The Bertz CT molecular complexity index is 835. The molecule has 0 aliphatic carbocycles. The van der Waals surface area contributed by atoms with Gasteiger partial charge in [-0.3, -0.25) is 14.5 Å². The molecule has 2 amide bonds. The maximum absolute atomic E-state index is 13.0. The van der Waals surface area contributed by atoms with Crippen molar-refractivity contribution < 1.29 is 14.4 Å².